The molecule has 178 valence electrons. The summed E-state index contributed by atoms with van der Waals surface area (Å²) >= 11 is 0. The van der Waals surface area contributed by atoms with Gasteiger partial charge in [-0.05, 0) is 29.7 Å². The van der Waals surface area contributed by atoms with Gasteiger partial charge in [-0.1, -0.05) is 54.6 Å². The third-order valence-corrected chi connectivity index (χ3v) is 7.64. The second-order valence-corrected chi connectivity index (χ2v) is 10.8. The topological polar surface area (TPSA) is 93.4 Å². The number of rotatable bonds is 6. The Morgan fingerprint density at radius 2 is 1.69 bits per heavy atom. The van der Waals surface area contributed by atoms with Gasteiger partial charge in [0.25, 0.3) is 0 Å². The summed E-state index contributed by atoms with van der Waals surface area (Å²) in [6.07, 6.45) is 1.23. The number of fused-ring (bicyclic) bond motifs is 3. The maximum Gasteiger partial charge on any atom is 0.304 e. The first-order chi connectivity index (χ1) is 16.6. The zero-order valence-electron chi connectivity index (χ0n) is 18.9. The molecule has 35 heavy (non-hydrogen) atoms. The highest BCUT2D eigenvalue weighted by Gasteiger charge is 2.36. The summed E-state index contributed by atoms with van der Waals surface area (Å²) in [7, 11) is -3.88. The van der Waals surface area contributed by atoms with Gasteiger partial charge in [0.1, 0.15) is 5.82 Å². The number of hydrogen-bond donors (Lipinski definition) is 1. The van der Waals surface area contributed by atoms with Gasteiger partial charge in [-0.25, -0.2) is 12.8 Å². The second kappa shape index (κ2) is 8.46. The van der Waals surface area contributed by atoms with Crippen LogP contribution in [0.25, 0.3) is 22.0 Å². The monoisotopic (exact) mass is 491 g/mol. The molecule has 1 aromatic heterocycles. The molecule has 1 unspecified atom stereocenters. The number of carboxylic acid groups (broad SMARTS) is 1. The van der Waals surface area contributed by atoms with Gasteiger partial charge >= 0.3 is 5.97 Å². The molecule has 3 aromatic carbocycles. The normalized spacial score (nSPS) is 15.3. The first-order valence-corrected chi connectivity index (χ1v) is 13.0. The lowest BCUT2D eigenvalue weighted by Crippen LogP contribution is -2.10. The third kappa shape index (κ3) is 4.04. The van der Waals surface area contributed by atoms with Gasteiger partial charge in [-0.3, -0.25) is 9.59 Å². The summed E-state index contributed by atoms with van der Waals surface area (Å²) < 4.78 is 41.4. The minimum atomic E-state index is -3.88. The summed E-state index contributed by atoms with van der Waals surface area (Å²) in [5.74, 6) is -2.66. The molecule has 0 saturated carbocycles. The van der Waals surface area contributed by atoms with E-state index in [1.807, 2.05) is 42.5 Å². The van der Waals surface area contributed by atoms with Crippen LogP contribution in [0.4, 0.5) is 4.39 Å². The average molecular weight is 492 g/mol. The van der Waals surface area contributed by atoms with E-state index in [0.717, 1.165) is 23.4 Å². The molecular weight excluding hydrogens is 469 g/mol. The number of aliphatic carboxylic acids is 1. The number of carbonyl (C=O) groups is 2. The Bertz CT molecular complexity index is 1590. The lowest BCUT2D eigenvalue weighted by atomic mass is 9.91. The Morgan fingerprint density at radius 1 is 1.03 bits per heavy atom. The van der Waals surface area contributed by atoms with Crippen LogP contribution in [-0.2, 0) is 21.2 Å². The lowest BCUT2D eigenvalue weighted by Gasteiger charge is -2.11. The van der Waals surface area contributed by atoms with Crippen LogP contribution in [0.15, 0.2) is 71.6 Å². The lowest BCUT2D eigenvalue weighted by molar-refractivity contribution is -0.137. The van der Waals surface area contributed by atoms with Gasteiger partial charge in [0, 0.05) is 35.4 Å². The van der Waals surface area contributed by atoms with Gasteiger partial charge in [0.2, 0.25) is 0 Å². The van der Waals surface area contributed by atoms with Crippen LogP contribution >= 0.6 is 0 Å². The molecular formula is C27H22FNO5S. The van der Waals surface area contributed by atoms with E-state index in [9.17, 15) is 27.5 Å². The number of carbonyl (C=O) groups excluding carboxylic acids is 1. The van der Waals surface area contributed by atoms with Crippen molar-refractivity contribution in [1.29, 1.82) is 0 Å². The van der Waals surface area contributed by atoms with Gasteiger partial charge < -0.3 is 9.67 Å². The summed E-state index contributed by atoms with van der Waals surface area (Å²) in [5.41, 5.74) is 3.11. The summed E-state index contributed by atoms with van der Waals surface area (Å²) in [4.78, 5) is 25.1. The molecule has 0 fully saturated rings. The van der Waals surface area contributed by atoms with Crippen molar-refractivity contribution in [3.05, 3.63) is 89.4 Å². The van der Waals surface area contributed by atoms with Crippen LogP contribution in [0.3, 0.4) is 0 Å². The Kier molecular flexibility index (Phi) is 5.56. The van der Waals surface area contributed by atoms with Crippen molar-refractivity contribution in [3.8, 4) is 11.1 Å². The Hall–Kier alpha value is -3.78. The van der Waals surface area contributed by atoms with E-state index in [1.165, 1.54) is 6.07 Å². The van der Waals surface area contributed by atoms with E-state index in [4.69, 9.17) is 0 Å². The van der Waals surface area contributed by atoms with E-state index >= 15 is 0 Å². The fourth-order valence-electron chi connectivity index (χ4n) is 5.03. The zero-order valence-corrected chi connectivity index (χ0v) is 19.7. The highest BCUT2D eigenvalue weighted by molar-refractivity contribution is 7.91. The Morgan fingerprint density at radius 3 is 2.31 bits per heavy atom. The molecule has 1 N–H and O–H groups in total. The van der Waals surface area contributed by atoms with Crippen molar-refractivity contribution in [3.63, 3.8) is 0 Å². The number of hydrogen-bond acceptors (Lipinski definition) is 4. The number of carboxylic acids is 1. The van der Waals surface area contributed by atoms with Crippen molar-refractivity contribution in [2.45, 2.75) is 30.2 Å². The maximum absolute atomic E-state index is 14.5. The van der Waals surface area contributed by atoms with Crippen LogP contribution in [0.2, 0.25) is 0 Å². The average Bonchev–Trinajstić information content (AvgIpc) is 3.36. The van der Waals surface area contributed by atoms with E-state index in [0.29, 0.717) is 24.2 Å². The largest absolute Gasteiger partial charge is 0.481 e. The minimum Gasteiger partial charge on any atom is -0.481 e. The van der Waals surface area contributed by atoms with Crippen molar-refractivity contribution < 1.29 is 27.5 Å². The molecule has 0 aliphatic carbocycles. The standard InChI is InChI=1S/C27H22FNO5S/c1-35(33,34)22-15-20(28)14-21-24(22)25(26-19(13-23(30)31)11-12-29(21)26)27(32)18-9-7-17(8-10-18)16-5-3-2-4-6-16/h2-10,14-15,19H,11-13H2,1H3,(H,30,31). The van der Waals surface area contributed by atoms with Crippen molar-refractivity contribution in [2.75, 3.05) is 6.26 Å². The van der Waals surface area contributed by atoms with E-state index < -0.39 is 33.3 Å². The molecule has 0 bridgehead atoms. The quantitative estimate of drug-likeness (QED) is 0.381. The first-order valence-electron chi connectivity index (χ1n) is 11.1. The number of benzene rings is 3. The number of ketones is 1. The van der Waals surface area contributed by atoms with Gasteiger partial charge in [-0.15, -0.1) is 0 Å². The van der Waals surface area contributed by atoms with Gasteiger partial charge in [0.05, 0.1) is 22.4 Å². The highest BCUT2D eigenvalue weighted by Crippen LogP contribution is 2.43. The predicted octanol–water partition coefficient (Wildman–Crippen LogP) is 5.04. The molecule has 1 aliphatic heterocycles. The van der Waals surface area contributed by atoms with Crippen LogP contribution in [0, 0.1) is 5.82 Å². The molecule has 1 atom stereocenters. The van der Waals surface area contributed by atoms with E-state index in [1.54, 1.807) is 16.7 Å². The molecule has 4 aromatic rings. The minimum absolute atomic E-state index is 0.136. The predicted molar refractivity (Wildman–Crippen MR) is 130 cm³/mol. The van der Waals surface area contributed by atoms with Crippen LogP contribution in [0.5, 0.6) is 0 Å². The fraction of sp³-hybridized carbons (Fsp3) is 0.185. The molecule has 0 saturated heterocycles. The van der Waals surface area contributed by atoms with Crippen molar-refractivity contribution in [1.82, 2.24) is 4.57 Å². The van der Waals surface area contributed by atoms with Gasteiger partial charge in [-0.2, -0.15) is 0 Å². The number of aryl methyl sites for hydroxylation is 1. The third-order valence-electron chi connectivity index (χ3n) is 6.52. The van der Waals surface area contributed by atoms with E-state index in [2.05, 4.69) is 0 Å². The van der Waals surface area contributed by atoms with Crippen molar-refractivity contribution in [2.24, 2.45) is 0 Å². The number of halogens is 1. The van der Waals surface area contributed by atoms with Crippen LogP contribution in [0.1, 0.15) is 40.4 Å². The molecule has 8 heteroatoms. The molecule has 1 aliphatic rings. The number of sulfone groups is 1. The Labute approximate surface area is 201 Å². The van der Waals surface area contributed by atoms with E-state index in [-0.39, 0.29) is 27.8 Å². The van der Waals surface area contributed by atoms with Crippen molar-refractivity contribution >= 4 is 32.5 Å². The summed E-state index contributed by atoms with van der Waals surface area (Å²) in [6, 6.07) is 18.8. The molecule has 5 rings (SSSR count). The molecule has 2 heterocycles. The molecule has 0 spiro atoms. The number of aromatic nitrogens is 1. The molecule has 0 radical (unpaired) electrons. The van der Waals surface area contributed by atoms with Gasteiger partial charge in [0.15, 0.2) is 15.6 Å². The molecule has 6 nitrogen and oxygen atoms in total. The summed E-state index contributed by atoms with van der Waals surface area (Å²) in [6.45, 7) is 0.372. The highest BCUT2D eigenvalue weighted by atomic mass is 32.2. The zero-order chi connectivity index (χ0) is 24.9. The first kappa shape index (κ1) is 23.0. The smallest absolute Gasteiger partial charge is 0.304 e. The second-order valence-electron chi connectivity index (χ2n) is 8.84. The Balaban J connectivity index is 1.73. The number of nitrogens with zero attached hydrogens (tertiary/aromatic N) is 1. The van der Waals surface area contributed by atoms with Crippen LogP contribution < -0.4 is 0 Å². The SMILES string of the molecule is CS(=O)(=O)c1cc(F)cc2c1c(C(=O)c1ccc(-c3ccccc3)cc1)c1n2CCC1CC(=O)O. The fourth-order valence-corrected chi connectivity index (χ4v) is 5.94. The molecule has 0 amide bonds. The van der Waals surface area contributed by atoms with Crippen LogP contribution in [-0.4, -0.2) is 36.1 Å². The summed E-state index contributed by atoms with van der Waals surface area (Å²) in [5, 5.41) is 9.59. The maximum atomic E-state index is 14.5.